The zero-order valence-corrected chi connectivity index (χ0v) is 14.8. The van der Waals surface area contributed by atoms with Crippen LogP contribution in [0.2, 0.25) is 0 Å². The number of piperidine rings is 1. The summed E-state index contributed by atoms with van der Waals surface area (Å²) in [5, 5.41) is 9.85. The quantitative estimate of drug-likeness (QED) is 0.713. The molecule has 1 aliphatic rings. The first-order valence-corrected chi connectivity index (χ1v) is 9.00. The fraction of sp³-hybridized carbons (Fsp3) is 0.300. The molecule has 3 heterocycles. The van der Waals surface area contributed by atoms with Gasteiger partial charge < -0.3 is 14.2 Å². The summed E-state index contributed by atoms with van der Waals surface area (Å²) in [6.07, 6.45) is 6.57. The molecule has 0 spiro atoms. The number of aromatic nitrogens is 3. The monoisotopic (exact) mass is 361 g/mol. The summed E-state index contributed by atoms with van der Waals surface area (Å²) in [6, 6.07) is 11.1. The molecule has 0 aliphatic carbocycles. The Morgan fingerprint density at radius 1 is 1.19 bits per heavy atom. The number of hydrogen-bond donors (Lipinski definition) is 0. The molecule has 7 nitrogen and oxygen atoms in total. The van der Waals surface area contributed by atoms with Gasteiger partial charge in [0.2, 0.25) is 11.8 Å². The molecule has 27 heavy (non-hydrogen) atoms. The highest BCUT2D eigenvalue weighted by Gasteiger charge is 2.18. The van der Waals surface area contributed by atoms with Crippen LogP contribution >= 0.6 is 0 Å². The number of ether oxygens (including phenoxy) is 1. The Balaban J connectivity index is 1.57. The van der Waals surface area contributed by atoms with Gasteiger partial charge in [-0.05, 0) is 37.5 Å². The first-order valence-electron chi connectivity index (χ1n) is 9.00. The lowest BCUT2D eigenvalue weighted by Crippen LogP contribution is -2.37. The van der Waals surface area contributed by atoms with Crippen molar-refractivity contribution < 1.29 is 9.53 Å². The Bertz CT molecular complexity index is 1010. The van der Waals surface area contributed by atoms with E-state index in [0.717, 1.165) is 36.8 Å². The van der Waals surface area contributed by atoms with Crippen LogP contribution in [0.3, 0.4) is 0 Å². The SMILES string of the molecule is N#Cc1cc(Oc2cccc3c2ccn3CC(=O)N2CCCCC2)ncn1. The lowest BCUT2D eigenvalue weighted by Gasteiger charge is -2.27. The van der Waals surface area contributed by atoms with Crippen molar-refractivity contribution in [2.45, 2.75) is 25.8 Å². The van der Waals surface area contributed by atoms with Crippen LogP contribution in [0.1, 0.15) is 25.0 Å². The fourth-order valence-electron chi connectivity index (χ4n) is 3.38. The summed E-state index contributed by atoms with van der Waals surface area (Å²) in [5.41, 5.74) is 1.17. The minimum absolute atomic E-state index is 0.146. The Morgan fingerprint density at radius 3 is 2.85 bits per heavy atom. The molecule has 4 rings (SSSR count). The molecule has 0 radical (unpaired) electrons. The average molecular weight is 361 g/mol. The van der Waals surface area contributed by atoms with E-state index in [1.807, 2.05) is 46.0 Å². The van der Waals surface area contributed by atoms with Crippen LogP contribution in [-0.2, 0) is 11.3 Å². The van der Waals surface area contributed by atoms with Gasteiger partial charge in [0.05, 0.1) is 5.52 Å². The average Bonchev–Trinajstić information content (AvgIpc) is 3.13. The molecule has 2 aromatic heterocycles. The third-order valence-electron chi connectivity index (χ3n) is 4.76. The molecule has 0 unspecified atom stereocenters. The van der Waals surface area contributed by atoms with E-state index in [0.29, 0.717) is 18.2 Å². The largest absolute Gasteiger partial charge is 0.438 e. The topological polar surface area (TPSA) is 84.0 Å². The number of hydrogen-bond acceptors (Lipinski definition) is 5. The molecule has 1 aromatic carbocycles. The predicted molar refractivity (Wildman–Crippen MR) is 99.2 cm³/mol. The van der Waals surface area contributed by atoms with Gasteiger partial charge in [-0.3, -0.25) is 4.79 Å². The van der Waals surface area contributed by atoms with Crippen molar-refractivity contribution in [1.29, 1.82) is 5.26 Å². The Morgan fingerprint density at radius 2 is 2.04 bits per heavy atom. The van der Waals surface area contributed by atoms with Gasteiger partial charge in [-0.15, -0.1) is 0 Å². The molecule has 0 saturated carbocycles. The highest BCUT2D eigenvalue weighted by atomic mass is 16.5. The predicted octanol–water partition coefficient (Wildman–Crippen LogP) is 3.11. The number of nitriles is 1. The van der Waals surface area contributed by atoms with Gasteiger partial charge in [-0.25, -0.2) is 9.97 Å². The third kappa shape index (κ3) is 3.60. The summed E-state index contributed by atoms with van der Waals surface area (Å²) >= 11 is 0. The Labute approximate surface area is 156 Å². The lowest BCUT2D eigenvalue weighted by atomic mass is 10.1. The van der Waals surface area contributed by atoms with Crippen LogP contribution in [0.25, 0.3) is 10.9 Å². The second-order valence-corrected chi connectivity index (χ2v) is 6.53. The molecule has 0 bridgehead atoms. The van der Waals surface area contributed by atoms with Gasteiger partial charge in [0.25, 0.3) is 0 Å². The maximum absolute atomic E-state index is 12.6. The van der Waals surface area contributed by atoms with Crippen molar-refractivity contribution in [3.05, 3.63) is 48.5 Å². The third-order valence-corrected chi connectivity index (χ3v) is 4.76. The first-order chi connectivity index (χ1) is 13.2. The molecule has 136 valence electrons. The van der Waals surface area contributed by atoms with Crippen LogP contribution in [0.15, 0.2) is 42.9 Å². The van der Waals surface area contributed by atoms with Gasteiger partial charge in [0.15, 0.2) is 0 Å². The molecular weight excluding hydrogens is 342 g/mol. The maximum atomic E-state index is 12.6. The zero-order chi connectivity index (χ0) is 18.6. The summed E-state index contributed by atoms with van der Waals surface area (Å²) in [6.45, 7) is 2.02. The molecule has 1 aliphatic heterocycles. The van der Waals surface area contributed by atoms with Crippen molar-refractivity contribution in [3.8, 4) is 17.7 Å². The van der Waals surface area contributed by atoms with E-state index in [4.69, 9.17) is 10.00 Å². The first kappa shape index (κ1) is 17.0. The smallest absolute Gasteiger partial charge is 0.242 e. The van der Waals surface area contributed by atoms with Crippen LogP contribution in [-0.4, -0.2) is 38.4 Å². The van der Waals surface area contributed by atoms with Crippen LogP contribution < -0.4 is 4.74 Å². The van der Waals surface area contributed by atoms with E-state index in [1.165, 1.54) is 18.8 Å². The number of rotatable bonds is 4. The van der Waals surface area contributed by atoms with Gasteiger partial charge in [0.1, 0.15) is 30.4 Å². The van der Waals surface area contributed by atoms with Crippen LogP contribution in [0.4, 0.5) is 0 Å². The van der Waals surface area contributed by atoms with E-state index in [1.54, 1.807) is 0 Å². The minimum atomic E-state index is 0.146. The summed E-state index contributed by atoms with van der Waals surface area (Å²) in [5.74, 6) is 1.08. The van der Waals surface area contributed by atoms with Crippen molar-refractivity contribution in [1.82, 2.24) is 19.4 Å². The molecule has 0 N–H and O–H groups in total. The minimum Gasteiger partial charge on any atom is -0.438 e. The molecule has 7 heteroatoms. The number of amides is 1. The molecule has 1 saturated heterocycles. The number of carbonyl (C=O) groups excluding carboxylic acids is 1. The van der Waals surface area contributed by atoms with Crippen LogP contribution in [0.5, 0.6) is 11.6 Å². The number of nitrogens with zero attached hydrogens (tertiary/aromatic N) is 5. The van der Waals surface area contributed by atoms with E-state index in [9.17, 15) is 4.79 Å². The van der Waals surface area contributed by atoms with E-state index < -0.39 is 0 Å². The second kappa shape index (κ2) is 7.46. The summed E-state index contributed by atoms with van der Waals surface area (Å²) in [4.78, 5) is 22.4. The van der Waals surface area contributed by atoms with Crippen LogP contribution in [0, 0.1) is 11.3 Å². The van der Waals surface area contributed by atoms with E-state index in [2.05, 4.69) is 9.97 Å². The lowest BCUT2D eigenvalue weighted by molar-refractivity contribution is -0.132. The van der Waals surface area contributed by atoms with Gasteiger partial charge in [-0.1, -0.05) is 6.07 Å². The fourth-order valence-corrected chi connectivity index (χ4v) is 3.38. The molecule has 0 atom stereocenters. The van der Waals surface area contributed by atoms with Crippen molar-refractivity contribution >= 4 is 16.8 Å². The van der Waals surface area contributed by atoms with E-state index in [-0.39, 0.29) is 11.6 Å². The number of carbonyl (C=O) groups is 1. The van der Waals surface area contributed by atoms with Crippen molar-refractivity contribution in [3.63, 3.8) is 0 Å². The molecular formula is C20H19N5O2. The van der Waals surface area contributed by atoms with Crippen molar-refractivity contribution in [2.24, 2.45) is 0 Å². The number of fused-ring (bicyclic) bond motifs is 1. The summed E-state index contributed by atoms with van der Waals surface area (Å²) < 4.78 is 7.80. The Kier molecular flexibility index (Phi) is 4.71. The second-order valence-electron chi connectivity index (χ2n) is 6.53. The molecule has 3 aromatic rings. The normalized spacial score (nSPS) is 14.1. The number of benzene rings is 1. The van der Waals surface area contributed by atoms with Gasteiger partial charge >= 0.3 is 0 Å². The molecule has 1 fully saturated rings. The number of likely N-dealkylation sites (tertiary alicyclic amines) is 1. The highest BCUT2D eigenvalue weighted by molar-refractivity contribution is 5.88. The maximum Gasteiger partial charge on any atom is 0.242 e. The van der Waals surface area contributed by atoms with Crippen molar-refractivity contribution in [2.75, 3.05) is 13.1 Å². The zero-order valence-electron chi connectivity index (χ0n) is 14.8. The Hall–Kier alpha value is -3.40. The highest BCUT2D eigenvalue weighted by Crippen LogP contribution is 2.30. The van der Waals surface area contributed by atoms with E-state index >= 15 is 0 Å². The standard InChI is InChI=1S/C20H19N5O2/c21-12-15-11-19(23-14-22-15)27-18-6-4-5-17-16(18)7-10-25(17)13-20(26)24-8-2-1-3-9-24/h4-7,10-11,14H,1-3,8-9,13H2. The molecule has 1 amide bonds. The summed E-state index contributed by atoms with van der Waals surface area (Å²) in [7, 11) is 0. The van der Waals surface area contributed by atoms with Gasteiger partial charge in [-0.2, -0.15) is 5.26 Å². The van der Waals surface area contributed by atoms with Gasteiger partial charge in [0, 0.05) is 30.7 Å².